The molecule has 2 aliphatic rings. The van der Waals surface area contributed by atoms with E-state index < -0.39 is 0 Å². The summed E-state index contributed by atoms with van der Waals surface area (Å²) in [5.74, 6) is 0.418. The van der Waals surface area contributed by atoms with E-state index in [1.165, 1.54) is 6.07 Å². The van der Waals surface area contributed by atoms with Crippen LogP contribution in [0, 0.1) is 5.82 Å². The average Bonchev–Trinajstić information content (AvgIpc) is 3.02. The van der Waals surface area contributed by atoms with Gasteiger partial charge >= 0.3 is 0 Å². The lowest BCUT2D eigenvalue weighted by atomic mass is 10.1. The summed E-state index contributed by atoms with van der Waals surface area (Å²) in [7, 11) is 0. The third-order valence-electron chi connectivity index (χ3n) is 3.77. The third-order valence-corrected chi connectivity index (χ3v) is 3.77. The Kier molecular flexibility index (Phi) is 4.67. The molecule has 1 aromatic rings. The van der Waals surface area contributed by atoms with Crippen molar-refractivity contribution < 1.29 is 9.13 Å². The molecular formula is C15H21FN4O. The lowest BCUT2D eigenvalue weighted by Gasteiger charge is -2.26. The van der Waals surface area contributed by atoms with Gasteiger partial charge < -0.3 is 15.4 Å². The third kappa shape index (κ3) is 3.51. The zero-order valence-electron chi connectivity index (χ0n) is 12.1. The van der Waals surface area contributed by atoms with Crippen molar-refractivity contribution in [3.8, 4) is 0 Å². The average molecular weight is 292 g/mol. The summed E-state index contributed by atoms with van der Waals surface area (Å²) in [5, 5.41) is 6.47. The van der Waals surface area contributed by atoms with Crippen molar-refractivity contribution in [2.75, 3.05) is 57.8 Å². The van der Waals surface area contributed by atoms with E-state index in [1.807, 2.05) is 6.07 Å². The molecular weight excluding hydrogens is 271 g/mol. The van der Waals surface area contributed by atoms with E-state index in [2.05, 4.69) is 20.5 Å². The summed E-state index contributed by atoms with van der Waals surface area (Å²) < 4.78 is 19.4. The van der Waals surface area contributed by atoms with Crippen LogP contribution < -0.4 is 10.6 Å². The first-order chi connectivity index (χ1) is 10.3. The molecule has 1 saturated heterocycles. The number of hydrogen-bond donors (Lipinski definition) is 2. The summed E-state index contributed by atoms with van der Waals surface area (Å²) in [6.07, 6.45) is 0. The molecule has 2 aliphatic heterocycles. The number of benzene rings is 1. The molecule has 0 bridgehead atoms. The van der Waals surface area contributed by atoms with Gasteiger partial charge in [0.1, 0.15) is 11.7 Å². The quantitative estimate of drug-likeness (QED) is 0.847. The van der Waals surface area contributed by atoms with E-state index in [0.29, 0.717) is 17.9 Å². The fraction of sp³-hybridized carbons (Fsp3) is 0.533. The van der Waals surface area contributed by atoms with Crippen molar-refractivity contribution in [2.24, 2.45) is 4.99 Å². The fourth-order valence-corrected chi connectivity index (χ4v) is 2.65. The van der Waals surface area contributed by atoms with Crippen LogP contribution in [0.15, 0.2) is 23.2 Å². The predicted octanol–water partition coefficient (Wildman–Crippen LogP) is 0.920. The Hall–Kier alpha value is -1.66. The molecule has 0 radical (unpaired) electrons. The van der Waals surface area contributed by atoms with E-state index >= 15 is 0 Å². The molecule has 0 aromatic heterocycles. The van der Waals surface area contributed by atoms with Gasteiger partial charge in [-0.2, -0.15) is 0 Å². The maximum absolute atomic E-state index is 14.1. The van der Waals surface area contributed by atoms with Crippen LogP contribution in [0.2, 0.25) is 0 Å². The van der Waals surface area contributed by atoms with Gasteiger partial charge in [0.15, 0.2) is 0 Å². The summed E-state index contributed by atoms with van der Waals surface area (Å²) in [6, 6.07) is 5.11. The second-order valence-electron chi connectivity index (χ2n) is 5.20. The van der Waals surface area contributed by atoms with Crippen molar-refractivity contribution in [2.45, 2.75) is 0 Å². The van der Waals surface area contributed by atoms with Gasteiger partial charge in [-0.25, -0.2) is 4.39 Å². The van der Waals surface area contributed by atoms with Crippen LogP contribution in [-0.4, -0.2) is 63.2 Å². The Morgan fingerprint density at radius 2 is 2.19 bits per heavy atom. The van der Waals surface area contributed by atoms with Gasteiger partial charge in [0.2, 0.25) is 0 Å². The first kappa shape index (κ1) is 14.3. The van der Waals surface area contributed by atoms with Crippen LogP contribution in [0.5, 0.6) is 0 Å². The predicted molar refractivity (Wildman–Crippen MR) is 81.6 cm³/mol. The minimum atomic E-state index is -0.237. The van der Waals surface area contributed by atoms with Crippen molar-refractivity contribution >= 4 is 11.5 Å². The molecule has 114 valence electrons. The number of halogens is 1. The van der Waals surface area contributed by atoms with Crippen molar-refractivity contribution in [1.29, 1.82) is 0 Å². The maximum atomic E-state index is 14.1. The Labute approximate surface area is 124 Å². The summed E-state index contributed by atoms with van der Waals surface area (Å²) in [5.41, 5.74) is 1.35. The van der Waals surface area contributed by atoms with Crippen molar-refractivity contribution in [3.05, 3.63) is 29.6 Å². The van der Waals surface area contributed by atoms with E-state index in [1.54, 1.807) is 6.07 Å². The number of rotatable bonds is 5. The van der Waals surface area contributed by atoms with Gasteiger partial charge in [-0.05, 0) is 12.1 Å². The highest BCUT2D eigenvalue weighted by molar-refractivity contribution is 6.04. The number of ether oxygens (including phenoxy) is 1. The van der Waals surface area contributed by atoms with Gasteiger partial charge in [0, 0.05) is 38.4 Å². The molecule has 0 amide bonds. The Balaban J connectivity index is 1.63. The van der Waals surface area contributed by atoms with Crippen LogP contribution in [-0.2, 0) is 4.74 Å². The van der Waals surface area contributed by atoms with Gasteiger partial charge in [-0.15, -0.1) is 0 Å². The van der Waals surface area contributed by atoms with Crippen molar-refractivity contribution in [1.82, 2.24) is 10.2 Å². The van der Waals surface area contributed by atoms with Gasteiger partial charge in [-0.1, -0.05) is 6.07 Å². The molecule has 21 heavy (non-hydrogen) atoms. The minimum absolute atomic E-state index is 0.237. The molecule has 2 heterocycles. The topological polar surface area (TPSA) is 48.9 Å². The fourth-order valence-electron chi connectivity index (χ4n) is 2.65. The normalized spacial score (nSPS) is 19.2. The number of hydrogen-bond acceptors (Lipinski definition) is 5. The van der Waals surface area contributed by atoms with E-state index in [0.717, 1.165) is 51.6 Å². The number of anilines is 1. The Morgan fingerprint density at radius 1 is 1.33 bits per heavy atom. The number of nitrogens with one attached hydrogen (secondary N) is 2. The number of amidine groups is 1. The monoisotopic (exact) mass is 292 g/mol. The smallest absolute Gasteiger partial charge is 0.136 e. The standard InChI is InChI=1S/C15H21FN4O/c16-12-2-1-3-13(14(12)15-18-4-5-19-15)17-6-7-20-8-10-21-11-9-20/h1-3,17H,4-11H2,(H,18,19). The summed E-state index contributed by atoms with van der Waals surface area (Å²) >= 11 is 0. The Morgan fingerprint density at radius 3 is 2.95 bits per heavy atom. The van der Waals surface area contributed by atoms with Crippen LogP contribution in [0.3, 0.4) is 0 Å². The molecule has 2 N–H and O–H groups in total. The molecule has 0 spiro atoms. The number of nitrogens with zero attached hydrogens (tertiary/aromatic N) is 2. The minimum Gasteiger partial charge on any atom is -0.383 e. The molecule has 6 heteroatoms. The van der Waals surface area contributed by atoms with Crippen LogP contribution in [0.25, 0.3) is 0 Å². The van der Waals surface area contributed by atoms with Crippen LogP contribution >= 0.6 is 0 Å². The Bertz CT molecular complexity index is 514. The molecule has 1 fully saturated rings. The molecule has 5 nitrogen and oxygen atoms in total. The highest BCUT2D eigenvalue weighted by atomic mass is 19.1. The van der Waals surface area contributed by atoms with E-state index in [9.17, 15) is 4.39 Å². The molecule has 1 aromatic carbocycles. The molecule has 0 unspecified atom stereocenters. The SMILES string of the molecule is Fc1cccc(NCCN2CCOCC2)c1C1=NCCN1. The highest BCUT2D eigenvalue weighted by Crippen LogP contribution is 2.20. The first-order valence-electron chi connectivity index (χ1n) is 7.46. The second kappa shape index (κ2) is 6.87. The maximum Gasteiger partial charge on any atom is 0.136 e. The zero-order chi connectivity index (χ0) is 14.5. The molecule has 0 atom stereocenters. The van der Waals surface area contributed by atoms with Crippen molar-refractivity contribution in [3.63, 3.8) is 0 Å². The zero-order valence-corrected chi connectivity index (χ0v) is 12.1. The number of morpholine rings is 1. The summed E-state index contributed by atoms with van der Waals surface area (Å²) in [6.45, 7) is 6.71. The lowest BCUT2D eigenvalue weighted by Crippen LogP contribution is -2.39. The number of aliphatic imine (C=N–C) groups is 1. The van der Waals surface area contributed by atoms with Gasteiger partial charge in [0.25, 0.3) is 0 Å². The largest absolute Gasteiger partial charge is 0.383 e. The van der Waals surface area contributed by atoms with Gasteiger partial charge in [0.05, 0.1) is 25.3 Å². The second-order valence-corrected chi connectivity index (χ2v) is 5.20. The lowest BCUT2D eigenvalue weighted by molar-refractivity contribution is 0.0398. The van der Waals surface area contributed by atoms with E-state index in [4.69, 9.17) is 4.74 Å². The first-order valence-corrected chi connectivity index (χ1v) is 7.46. The van der Waals surface area contributed by atoms with E-state index in [-0.39, 0.29) is 5.82 Å². The molecule has 0 aliphatic carbocycles. The molecule has 3 rings (SSSR count). The van der Waals surface area contributed by atoms with Gasteiger partial charge in [-0.3, -0.25) is 9.89 Å². The van der Waals surface area contributed by atoms with Crippen LogP contribution in [0.4, 0.5) is 10.1 Å². The van der Waals surface area contributed by atoms with Crippen LogP contribution in [0.1, 0.15) is 5.56 Å². The summed E-state index contributed by atoms with van der Waals surface area (Å²) in [4.78, 5) is 6.67. The highest BCUT2D eigenvalue weighted by Gasteiger charge is 2.17. The molecule has 0 saturated carbocycles.